The topological polar surface area (TPSA) is 81.4 Å². The molecule has 5 nitrogen and oxygen atoms in total. The molecule has 1 aliphatic carbocycles. The van der Waals surface area contributed by atoms with E-state index in [1.807, 2.05) is 0 Å². The number of thiophene rings is 1. The van der Waals surface area contributed by atoms with E-state index >= 15 is 0 Å². The van der Waals surface area contributed by atoms with Crippen LogP contribution in [0.15, 0.2) is 24.3 Å². The Morgan fingerprint density at radius 1 is 1.36 bits per heavy atom. The largest absolute Gasteiger partial charge is 0.484 e. The van der Waals surface area contributed by atoms with Crippen molar-refractivity contribution in [2.45, 2.75) is 40.0 Å². The third-order valence-electron chi connectivity index (χ3n) is 5.16. The van der Waals surface area contributed by atoms with E-state index in [-0.39, 0.29) is 17.9 Å². The van der Waals surface area contributed by atoms with Crippen LogP contribution in [0.5, 0.6) is 5.75 Å². The standard InChI is InChI=1S/C21H25ClN2O3S/c1-21(2,3)12-7-8-15-16(9-12)28-20(18(15)19(23)26)24-17(25)11-27-14-6-4-5-13(22)10-14/h4-6,10,12H,7-9,11H2,1-3H3,(H2,23,26)(H,24,25). The molecule has 0 saturated carbocycles. The number of amides is 2. The molecule has 0 saturated heterocycles. The molecule has 2 amide bonds. The molecule has 0 spiro atoms. The zero-order valence-corrected chi connectivity index (χ0v) is 17.9. The Bertz CT molecular complexity index is 902. The highest BCUT2D eigenvalue weighted by Gasteiger charge is 2.33. The molecule has 0 fully saturated rings. The van der Waals surface area contributed by atoms with Crippen LogP contribution >= 0.6 is 22.9 Å². The Labute approximate surface area is 174 Å². The van der Waals surface area contributed by atoms with Crippen molar-refractivity contribution in [2.75, 3.05) is 11.9 Å². The molecule has 3 N–H and O–H groups in total. The van der Waals surface area contributed by atoms with Crippen molar-refractivity contribution in [3.8, 4) is 5.75 Å². The number of hydrogen-bond donors (Lipinski definition) is 2. The van der Waals surface area contributed by atoms with Gasteiger partial charge in [-0.25, -0.2) is 0 Å². The fourth-order valence-corrected chi connectivity index (χ4v) is 5.07. The van der Waals surface area contributed by atoms with Crippen LogP contribution in [0.25, 0.3) is 0 Å². The van der Waals surface area contributed by atoms with Crippen molar-refractivity contribution in [3.05, 3.63) is 45.3 Å². The Balaban J connectivity index is 1.74. The van der Waals surface area contributed by atoms with Gasteiger partial charge in [-0.05, 0) is 54.4 Å². The average molecular weight is 421 g/mol. The molecule has 150 valence electrons. The van der Waals surface area contributed by atoms with Gasteiger partial charge in [-0.2, -0.15) is 0 Å². The maximum atomic E-state index is 12.4. The second-order valence-electron chi connectivity index (χ2n) is 8.17. The number of anilines is 1. The first-order chi connectivity index (χ1) is 13.1. The van der Waals surface area contributed by atoms with Crippen LogP contribution in [0, 0.1) is 11.3 Å². The minimum absolute atomic E-state index is 0.175. The summed E-state index contributed by atoms with van der Waals surface area (Å²) in [7, 11) is 0. The molecule has 1 aromatic carbocycles. The third kappa shape index (κ3) is 4.67. The van der Waals surface area contributed by atoms with Crippen molar-refractivity contribution in [1.29, 1.82) is 0 Å². The number of benzene rings is 1. The Hall–Kier alpha value is -2.05. The van der Waals surface area contributed by atoms with Crippen LogP contribution in [-0.2, 0) is 17.6 Å². The zero-order chi connectivity index (χ0) is 20.5. The minimum atomic E-state index is -0.502. The van der Waals surface area contributed by atoms with Crippen LogP contribution < -0.4 is 15.8 Å². The number of carbonyl (C=O) groups excluding carboxylic acids is 2. The van der Waals surface area contributed by atoms with Gasteiger partial charge in [-0.3, -0.25) is 9.59 Å². The Morgan fingerprint density at radius 2 is 2.11 bits per heavy atom. The van der Waals surface area contributed by atoms with Crippen molar-refractivity contribution < 1.29 is 14.3 Å². The van der Waals surface area contributed by atoms with Gasteiger partial charge < -0.3 is 15.8 Å². The van der Waals surface area contributed by atoms with E-state index in [9.17, 15) is 9.59 Å². The summed E-state index contributed by atoms with van der Waals surface area (Å²) in [6, 6.07) is 6.85. The van der Waals surface area contributed by atoms with Crippen molar-refractivity contribution in [3.63, 3.8) is 0 Å². The number of rotatable bonds is 5. The minimum Gasteiger partial charge on any atom is -0.484 e. The Kier molecular flexibility index (Phi) is 6.01. The number of fused-ring (bicyclic) bond motifs is 1. The van der Waals surface area contributed by atoms with E-state index < -0.39 is 5.91 Å². The number of ether oxygens (including phenoxy) is 1. The lowest BCUT2D eigenvalue weighted by atomic mass is 9.72. The highest BCUT2D eigenvalue weighted by atomic mass is 35.5. The molecule has 7 heteroatoms. The smallest absolute Gasteiger partial charge is 0.262 e. The van der Waals surface area contributed by atoms with Gasteiger partial charge in [0.15, 0.2) is 6.61 Å². The monoisotopic (exact) mass is 420 g/mol. The van der Waals surface area contributed by atoms with Crippen molar-refractivity contribution in [2.24, 2.45) is 17.1 Å². The maximum Gasteiger partial charge on any atom is 0.262 e. The van der Waals surface area contributed by atoms with Gasteiger partial charge in [-0.15, -0.1) is 11.3 Å². The van der Waals surface area contributed by atoms with Crippen molar-refractivity contribution in [1.82, 2.24) is 0 Å². The van der Waals surface area contributed by atoms with Gasteiger partial charge in [0.2, 0.25) is 0 Å². The summed E-state index contributed by atoms with van der Waals surface area (Å²) in [5, 5.41) is 3.86. The molecule has 1 atom stereocenters. The van der Waals surface area contributed by atoms with E-state index in [2.05, 4.69) is 26.1 Å². The molecule has 1 unspecified atom stereocenters. The Morgan fingerprint density at radius 3 is 2.75 bits per heavy atom. The number of primary amides is 1. The van der Waals surface area contributed by atoms with Gasteiger partial charge >= 0.3 is 0 Å². The van der Waals surface area contributed by atoms with E-state index in [0.717, 1.165) is 29.7 Å². The molecule has 3 rings (SSSR count). The third-order valence-corrected chi connectivity index (χ3v) is 6.56. The molecule has 0 bridgehead atoms. The summed E-state index contributed by atoms with van der Waals surface area (Å²) in [6.07, 6.45) is 2.72. The van der Waals surface area contributed by atoms with Gasteiger partial charge in [0.05, 0.1) is 5.56 Å². The second-order valence-corrected chi connectivity index (χ2v) is 9.71. The first-order valence-electron chi connectivity index (χ1n) is 9.27. The summed E-state index contributed by atoms with van der Waals surface area (Å²) in [4.78, 5) is 25.6. The predicted octanol–water partition coefficient (Wildman–Crippen LogP) is 4.67. The maximum absolute atomic E-state index is 12.4. The number of carbonyl (C=O) groups is 2. The summed E-state index contributed by atoms with van der Waals surface area (Å²) in [6.45, 7) is 6.54. The van der Waals surface area contributed by atoms with Crippen LogP contribution in [0.2, 0.25) is 5.02 Å². The van der Waals surface area contributed by atoms with Crippen LogP contribution in [0.3, 0.4) is 0 Å². The molecule has 0 aliphatic heterocycles. The SMILES string of the molecule is CC(C)(C)C1CCc2c(sc(NC(=O)COc3cccc(Cl)c3)c2C(N)=O)C1. The van der Waals surface area contributed by atoms with Gasteiger partial charge in [0, 0.05) is 9.90 Å². The lowest BCUT2D eigenvalue weighted by molar-refractivity contribution is -0.118. The molecular weight excluding hydrogens is 396 g/mol. The second kappa shape index (κ2) is 8.13. The van der Waals surface area contributed by atoms with E-state index in [0.29, 0.717) is 27.3 Å². The fourth-order valence-electron chi connectivity index (χ4n) is 3.54. The fraction of sp³-hybridized carbons (Fsp3) is 0.429. The van der Waals surface area contributed by atoms with Gasteiger partial charge in [-0.1, -0.05) is 38.4 Å². The quantitative estimate of drug-likeness (QED) is 0.737. The normalized spacial score (nSPS) is 16.4. The number of nitrogens with two attached hydrogens (primary N) is 1. The average Bonchev–Trinajstić information content (AvgIpc) is 2.96. The van der Waals surface area contributed by atoms with Crippen LogP contribution in [0.4, 0.5) is 5.00 Å². The highest BCUT2D eigenvalue weighted by Crippen LogP contribution is 2.44. The van der Waals surface area contributed by atoms with E-state index in [1.165, 1.54) is 11.3 Å². The molecule has 28 heavy (non-hydrogen) atoms. The molecule has 0 radical (unpaired) electrons. The highest BCUT2D eigenvalue weighted by molar-refractivity contribution is 7.17. The lowest BCUT2D eigenvalue weighted by Crippen LogP contribution is -2.27. The summed E-state index contributed by atoms with van der Waals surface area (Å²) in [5.41, 5.74) is 7.27. The number of halogens is 1. The summed E-state index contributed by atoms with van der Waals surface area (Å²) >= 11 is 7.37. The summed E-state index contributed by atoms with van der Waals surface area (Å²) in [5.74, 6) is 0.205. The van der Waals surface area contributed by atoms with E-state index in [4.69, 9.17) is 22.1 Å². The van der Waals surface area contributed by atoms with Gasteiger partial charge in [0.1, 0.15) is 10.8 Å². The lowest BCUT2D eigenvalue weighted by Gasteiger charge is -2.33. The number of hydrogen-bond acceptors (Lipinski definition) is 4. The first kappa shape index (κ1) is 20.7. The van der Waals surface area contributed by atoms with E-state index in [1.54, 1.807) is 24.3 Å². The molecular formula is C21H25ClN2O3S. The molecule has 2 aromatic rings. The van der Waals surface area contributed by atoms with Crippen LogP contribution in [0.1, 0.15) is 48.0 Å². The number of nitrogens with one attached hydrogen (secondary N) is 1. The molecule has 1 aromatic heterocycles. The zero-order valence-electron chi connectivity index (χ0n) is 16.3. The molecule has 1 heterocycles. The molecule has 1 aliphatic rings. The predicted molar refractivity (Wildman–Crippen MR) is 113 cm³/mol. The summed E-state index contributed by atoms with van der Waals surface area (Å²) < 4.78 is 5.48. The van der Waals surface area contributed by atoms with Crippen LogP contribution in [-0.4, -0.2) is 18.4 Å². The van der Waals surface area contributed by atoms with Gasteiger partial charge in [0.25, 0.3) is 11.8 Å². The van der Waals surface area contributed by atoms with Crippen molar-refractivity contribution >= 4 is 39.8 Å². The first-order valence-corrected chi connectivity index (χ1v) is 10.5.